The third-order valence-electron chi connectivity index (χ3n) is 5.42. The number of ether oxygens (including phenoxy) is 1. The molecule has 5 heteroatoms. The van der Waals surface area contributed by atoms with E-state index >= 15 is 0 Å². The van der Waals surface area contributed by atoms with E-state index in [0.717, 1.165) is 50.3 Å². The van der Waals surface area contributed by atoms with E-state index in [2.05, 4.69) is 62.1 Å². The van der Waals surface area contributed by atoms with Crippen molar-refractivity contribution in [2.75, 3.05) is 32.8 Å². The Labute approximate surface area is 182 Å². The summed E-state index contributed by atoms with van der Waals surface area (Å²) in [6, 6.07) is 8.05. The summed E-state index contributed by atoms with van der Waals surface area (Å²) in [6.07, 6.45) is 6.95. The van der Waals surface area contributed by atoms with Gasteiger partial charge in [0.2, 0.25) is 5.91 Å². The SMILES string of the molecule is CCN1CC(NC(=O)Cc2ccc(OC/C=C(\C)CCC=C(C)C)cc2)CN1CC. The minimum Gasteiger partial charge on any atom is -0.490 e. The summed E-state index contributed by atoms with van der Waals surface area (Å²) < 4.78 is 5.82. The highest BCUT2D eigenvalue weighted by molar-refractivity contribution is 5.79. The third-order valence-corrected chi connectivity index (χ3v) is 5.42. The Bertz CT molecular complexity index is 708. The van der Waals surface area contributed by atoms with Gasteiger partial charge in [0, 0.05) is 26.2 Å². The summed E-state index contributed by atoms with van der Waals surface area (Å²) in [5, 5.41) is 7.78. The number of rotatable bonds is 11. The molecular weight excluding hydrogens is 374 g/mol. The molecular formula is C25H39N3O2. The van der Waals surface area contributed by atoms with Crippen LogP contribution in [0.2, 0.25) is 0 Å². The number of carbonyl (C=O) groups is 1. The van der Waals surface area contributed by atoms with Crippen LogP contribution in [0.5, 0.6) is 5.75 Å². The maximum atomic E-state index is 12.4. The van der Waals surface area contributed by atoms with E-state index in [4.69, 9.17) is 4.74 Å². The molecule has 5 nitrogen and oxygen atoms in total. The molecule has 1 N–H and O–H groups in total. The van der Waals surface area contributed by atoms with Crippen molar-refractivity contribution in [2.45, 2.75) is 59.9 Å². The van der Waals surface area contributed by atoms with Crippen molar-refractivity contribution in [1.82, 2.24) is 15.3 Å². The van der Waals surface area contributed by atoms with E-state index in [0.29, 0.717) is 13.0 Å². The van der Waals surface area contributed by atoms with E-state index in [1.807, 2.05) is 24.3 Å². The first-order chi connectivity index (χ1) is 14.4. The second-order valence-electron chi connectivity index (χ2n) is 8.28. The minimum atomic E-state index is 0.0811. The molecule has 1 fully saturated rings. The number of carbonyl (C=O) groups excluding carboxylic acids is 1. The molecule has 0 aliphatic carbocycles. The van der Waals surface area contributed by atoms with Gasteiger partial charge in [-0.15, -0.1) is 0 Å². The van der Waals surface area contributed by atoms with E-state index in [1.54, 1.807) is 0 Å². The van der Waals surface area contributed by atoms with Crippen molar-refractivity contribution in [3.05, 3.63) is 53.1 Å². The molecule has 0 radical (unpaired) electrons. The van der Waals surface area contributed by atoms with Crippen LogP contribution in [-0.2, 0) is 11.2 Å². The lowest BCUT2D eigenvalue weighted by Crippen LogP contribution is -2.39. The fourth-order valence-electron chi connectivity index (χ4n) is 3.69. The molecule has 1 heterocycles. The lowest BCUT2D eigenvalue weighted by molar-refractivity contribution is -0.121. The van der Waals surface area contributed by atoms with Crippen LogP contribution in [0.4, 0.5) is 0 Å². The molecule has 1 aliphatic heterocycles. The van der Waals surface area contributed by atoms with Gasteiger partial charge in [-0.1, -0.05) is 43.2 Å². The molecule has 1 aliphatic rings. The van der Waals surface area contributed by atoms with Crippen molar-refractivity contribution in [2.24, 2.45) is 0 Å². The molecule has 0 unspecified atom stereocenters. The number of benzene rings is 1. The Morgan fingerprint density at radius 2 is 1.70 bits per heavy atom. The van der Waals surface area contributed by atoms with Crippen LogP contribution in [0, 0.1) is 0 Å². The molecule has 1 saturated heterocycles. The van der Waals surface area contributed by atoms with E-state index in [9.17, 15) is 4.79 Å². The fourth-order valence-corrected chi connectivity index (χ4v) is 3.69. The van der Waals surface area contributed by atoms with Gasteiger partial charge in [0.15, 0.2) is 0 Å². The molecule has 2 rings (SSSR count). The number of nitrogens with one attached hydrogen (secondary N) is 1. The number of hydrogen-bond acceptors (Lipinski definition) is 4. The Morgan fingerprint density at radius 1 is 1.07 bits per heavy atom. The number of amides is 1. The molecule has 0 saturated carbocycles. The Hall–Kier alpha value is -2.11. The summed E-state index contributed by atoms with van der Waals surface area (Å²) in [5.41, 5.74) is 3.71. The molecule has 1 aromatic rings. The van der Waals surface area contributed by atoms with Crippen molar-refractivity contribution < 1.29 is 9.53 Å². The predicted molar refractivity (Wildman–Crippen MR) is 124 cm³/mol. The lowest BCUT2D eigenvalue weighted by atomic mass is 10.1. The molecule has 0 atom stereocenters. The van der Waals surface area contributed by atoms with Gasteiger partial charge in [0.25, 0.3) is 0 Å². The zero-order chi connectivity index (χ0) is 21.9. The number of allylic oxidation sites excluding steroid dienone is 3. The summed E-state index contributed by atoms with van der Waals surface area (Å²) in [6.45, 7) is 15.0. The van der Waals surface area contributed by atoms with E-state index in [1.165, 1.54) is 11.1 Å². The monoisotopic (exact) mass is 413 g/mol. The van der Waals surface area contributed by atoms with Gasteiger partial charge >= 0.3 is 0 Å². The van der Waals surface area contributed by atoms with Crippen LogP contribution >= 0.6 is 0 Å². The van der Waals surface area contributed by atoms with Crippen molar-refractivity contribution >= 4 is 5.91 Å². The average molecular weight is 414 g/mol. The maximum Gasteiger partial charge on any atom is 0.224 e. The van der Waals surface area contributed by atoms with Crippen LogP contribution in [0.25, 0.3) is 0 Å². The second-order valence-corrected chi connectivity index (χ2v) is 8.28. The maximum absolute atomic E-state index is 12.4. The standard InChI is InChI=1S/C25H39N3O2/c1-6-27-18-23(19-28(27)7-2)26-25(29)17-22-11-13-24(14-12-22)30-16-15-21(5)10-8-9-20(3)4/h9,11-15,23H,6-8,10,16-19H2,1-5H3,(H,26,29)/b21-15+. The van der Waals surface area contributed by atoms with Crippen molar-refractivity contribution in [3.8, 4) is 5.75 Å². The first kappa shape index (κ1) is 24.2. The summed E-state index contributed by atoms with van der Waals surface area (Å²) in [7, 11) is 0. The van der Waals surface area contributed by atoms with E-state index in [-0.39, 0.29) is 11.9 Å². The van der Waals surface area contributed by atoms with Gasteiger partial charge in [0.05, 0.1) is 12.5 Å². The summed E-state index contributed by atoms with van der Waals surface area (Å²) in [4.78, 5) is 12.4. The highest BCUT2D eigenvalue weighted by Gasteiger charge is 2.28. The highest BCUT2D eigenvalue weighted by Crippen LogP contribution is 2.14. The van der Waals surface area contributed by atoms with E-state index < -0.39 is 0 Å². The van der Waals surface area contributed by atoms with Gasteiger partial charge in [-0.05, 0) is 57.4 Å². The predicted octanol–water partition coefficient (Wildman–Crippen LogP) is 4.36. The van der Waals surface area contributed by atoms with Gasteiger partial charge in [-0.2, -0.15) is 0 Å². The third kappa shape index (κ3) is 8.33. The fraction of sp³-hybridized carbons (Fsp3) is 0.560. The first-order valence-electron chi connectivity index (χ1n) is 11.2. The van der Waals surface area contributed by atoms with Crippen LogP contribution in [-0.4, -0.2) is 54.8 Å². The highest BCUT2D eigenvalue weighted by atomic mass is 16.5. The van der Waals surface area contributed by atoms with Crippen molar-refractivity contribution in [3.63, 3.8) is 0 Å². The average Bonchev–Trinajstić information content (AvgIpc) is 3.10. The quantitative estimate of drug-likeness (QED) is 0.548. The minimum absolute atomic E-state index is 0.0811. The number of likely N-dealkylation sites (N-methyl/N-ethyl adjacent to an activating group) is 2. The Balaban J connectivity index is 1.74. The topological polar surface area (TPSA) is 44.8 Å². The van der Waals surface area contributed by atoms with Crippen LogP contribution in [0.15, 0.2) is 47.6 Å². The molecule has 0 aromatic heterocycles. The van der Waals surface area contributed by atoms with Crippen molar-refractivity contribution in [1.29, 1.82) is 0 Å². The second kappa shape index (κ2) is 12.6. The lowest BCUT2D eigenvalue weighted by Gasteiger charge is -2.24. The van der Waals surface area contributed by atoms with Crippen LogP contribution in [0.3, 0.4) is 0 Å². The molecule has 30 heavy (non-hydrogen) atoms. The van der Waals surface area contributed by atoms with Gasteiger partial charge < -0.3 is 10.1 Å². The molecule has 0 spiro atoms. The first-order valence-corrected chi connectivity index (χ1v) is 11.2. The zero-order valence-corrected chi connectivity index (χ0v) is 19.4. The zero-order valence-electron chi connectivity index (χ0n) is 19.4. The summed E-state index contributed by atoms with van der Waals surface area (Å²) >= 11 is 0. The smallest absolute Gasteiger partial charge is 0.224 e. The molecule has 1 amide bonds. The number of nitrogens with zero attached hydrogens (tertiary/aromatic N) is 2. The van der Waals surface area contributed by atoms with Gasteiger partial charge in [-0.3, -0.25) is 4.79 Å². The number of hydrogen-bond donors (Lipinski definition) is 1. The number of hydrazine groups is 1. The summed E-state index contributed by atoms with van der Waals surface area (Å²) in [5.74, 6) is 0.915. The Morgan fingerprint density at radius 3 is 2.27 bits per heavy atom. The molecule has 0 bridgehead atoms. The normalized spacial score (nSPS) is 16.0. The largest absolute Gasteiger partial charge is 0.490 e. The molecule has 166 valence electrons. The Kier molecular flexibility index (Phi) is 10.1. The van der Waals surface area contributed by atoms with Gasteiger partial charge in [0.1, 0.15) is 12.4 Å². The van der Waals surface area contributed by atoms with Gasteiger partial charge in [-0.25, -0.2) is 10.0 Å². The van der Waals surface area contributed by atoms with Crippen LogP contribution < -0.4 is 10.1 Å². The molecule has 1 aromatic carbocycles. The van der Waals surface area contributed by atoms with Crippen LogP contribution in [0.1, 0.15) is 53.0 Å².